The van der Waals surface area contributed by atoms with E-state index in [0.29, 0.717) is 5.75 Å². The van der Waals surface area contributed by atoms with Gasteiger partial charge >= 0.3 is 0 Å². The third-order valence-corrected chi connectivity index (χ3v) is 4.63. The average molecular weight is 235 g/mol. The van der Waals surface area contributed by atoms with E-state index in [1.807, 2.05) is 13.8 Å². The quantitative estimate of drug-likeness (QED) is 0.684. The summed E-state index contributed by atoms with van der Waals surface area (Å²) in [6, 6.07) is 0. The molecule has 15 heavy (non-hydrogen) atoms. The van der Waals surface area contributed by atoms with Crippen LogP contribution in [0, 0.1) is 0 Å². The molecule has 1 atom stereocenters. The highest BCUT2D eigenvalue weighted by Gasteiger charge is 2.37. The largest absolute Gasteiger partial charge is 0.382 e. The second-order valence-corrected chi connectivity index (χ2v) is 6.56. The molecule has 0 aromatic carbocycles. The highest BCUT2D eigenvalue weighted by molar-refractivity contribution is 7.91. The van der Waals surface area contributed by atoms with Crippen LogP contribution in [0.5, 0.6) is 0 Å². The van der Waals surface area contributed by atoms with Crippen molar-refractivity contribution in [1.82, 2.24) is 5.32 Å². The van der Waals surface area contributed by atoms with Gasteiger partial charge in [0.25, 0.3) is 0 Å². The highest BCUT2D eigenvalue weighted by Crippen LogP contribution is 2.22. The Labute approximate surface area is 92.3 Å². The highest BCUT2D eigenvalue weighted by atomic mass is 32.2. The Balaban J connectivity index is 2.21. The van der Waals surface area contributed by atoms with E-state index < -0.39 is 9.84 Å². The maximum atomic E-state index is 11.3. The summed E-state index contributed by atoms with van der Waals surface area (Å²) >= 11 is 0. The van der Waals surface area contributed by atoms with E-state index in [2.05, 4.69) is 5.32 Å². The normalized spacial score (nSPS) is 29.5. The molecule has 1 aliphatic rings. The van der Waals surface area contributed by atoms with Gasteiger partial charge in [-0.15, -0.1) is 0 Å². The van der Waals surface area contributed by atoms with Gasteiger partial charge in [-0.3, -0.25) is 0 Å². The number of rotatable bonds is 6. The summed E-state index contributed by atoms with van der Waals surface area (Å²) in [6.45, 7) is 6.26. The van der Waals surface area contributed by atoms with Gasteiger partial charge in [-0.25, -0.2) is 8.42 Å². The molecule has 0 bridgehead atoms. The van der Waals surface area contributed by atoms with Gasteiger partial charge in [0.05, 0.1) is 11.5 Å². The molecule has 0 radical (unpaired) electrons. The van der Waals surface area contributed by atoms with E-state index in [0.717, 1.165) is 32.6 Å². The maximum Gasteiger partial charge on any atom is 0.152 e. The second kappa shape index (κ2) is 5.27. The van der Waals surface area contributed by atoms with Crippen LogP contribution in [-0.2, 0) is 14.6 Å². The lowest BCUT2D eigenvalue weighted by Crippen LogP contribution is -2.44. The van der Waals surface area contributed by atoms with E-state index >= 15 is 0 Å². The first kappa shape index (κ1) is 12.9. The molecule has 1 fully saturated rings. The molecular weight excluding hydrogens is 214 g/mol. The van der Waals surface area contributed by atoms with Crippen molar-refractivity contribution in [3.05, 3.63) is 0 Å². The lowest BCUT2D eigenvalue weighted by Gasteiger charge is -2.23. The van der Waals surface area contributed by atoms with Crippen LogP contribution in [0.2, 0.25) is 0 Å². The summed E-state index contributed by atoms with van der Waals surface area (Å²) in [6.07, 6.45) is 1.66. The summed E-state index contributed by atoms with van der Waals surface area (Å²) in [7, 11) is -2.80. The lowest BCUT2D eigenvalue weighted by atomic mass is 10.0. The van der Waals surface area contributed by atoms with E-state index in [9.17, 15) is 8.42 Å². The zero-order valence-corrected chi connectivity index (χ0v) is 10.4. The number of hydrogen-bond donors (Lipinski definition) is 1. The van der Waals surface area contributed by atoms with E-state index in [-0.39, 0.29) is 11.3 Å². The van der Waals surface area contributed by atoms with Gasteiger partial charge in [0.2, 0.25) is 0 Å². The summed E-state index contributed by atoms with van der Waals surface area (Å²) in [5, 5.41) is 3.31. The summed E-state index contributed by atoms with van der Waals surface area (Å²) in [5.41, 5.74) is -0.217. The van der Waals surface area contributed by atoms with Crippen LogP contribution in [0.1, 0.15) is 26.7 Å². The minimum absolute atomic E-state index is 0.217. The van der Waals surface area contributed by atoms with E-state index in [1.54, 1.807) is 0 Å². The molecule has 90 valence electrons. The van der Waals surface area contributed by atoms with Crippen molar-refractivity contribution in [2.75, 3.05) is 31.3 Å². The van der Waals surface area contributed by atoms with Crippen LogP contribution in [0.3, 0.4) is 0 Å². The first-order valence-electron chi connectivity index (χ1n) is 5.51. The molecule has 1 unspecified atom stereocenters. The van der Waals surface area contributed by atoms with Crippen LogP contribution < -0.4 is 5.32 Å². The van der Waals surface area contributed by atoms with Crippen molar-refractivity contribution >= 4 is 9.84 Å². The molecule has 1 heterocycles. The number of hydrogen-bond acceptors (Lipinski definition) is 4. The summed E-state index contributed by atoms with van der Waals surface area (Å²) < 4.78 is 27.8. The van der Waals surface area contributed by atoms with Gasteiger partial charge in [-0.05, 0) is 33.2 Å². The van der Waals surface area contributed by atoms with Gasteiger partial charge in [0, 0.05) is 18.8 Å². The van der Waals surface area contributed by atoms with Crippen molar-refractivity contribution in [1.29, 1.82) is 0 Å². The molecule has 0 amide bonds. The zero-order chi connectivity index (χ0) is 11.4. The van der Waals surface area contributed by atoms with Crippen molar-refractivity contribution in [2.24, 2.45) is 0 Å². The zero-order valence-electron chi connectivity index (χ0n) is 9.58. The Kier molecular flexibility index (Phi) is 4.55. The van der Waals surface area contributed by atoms with Gasteiger partial charge < -0.3 is 10.1 Å². The molecule has 5 heteroatoms. The van der Waals surface area contributed by atoms with Gasteiger partial charge in [-0.2, -0.15) is 0 Å². The second-order valence-electron chi connectivity index (χ2n) is 4.38. The van der Waals surface area contributed by atoms with Gasteiger partial charge in [0.1, 0.15) is 0 Å². The summed E-state index contributed by atoms with van der Waals surface area (Å²) in [4.78, 5) is 0. The first-order valence-corrected chi connectivity index (χ1v) is 7.33. The standard InChI is InChI=1S/C10H21NO3S/c1-3-14-7-4-6-11-10(2)5-8-15(12,13)9-10/h11H,3-9H2,1-2H3. The Morgan fingerprint density at radius 2 is 2.20 bits per heavy atom. The molecule has 0 spiro atoms. The molecular formula is C10H21NO3S. The van der Waals surface area contributed by atoms with Crippen molar-refractivity contribution < 1.29 is 13.2 Å². The molecule has 0 aliphatic carbocycles. The van der Waals surface area contributed by atoms with E-state index in [1.165, 1.54) is 0 Å². The van der Waals surface area contributed by atoms with Crippen LogP contribution in [-0.4, -0.2) is 45.2 Å². The molecule has 1 saturated heterocycles. The molecule has 1 aliphatic heterocycles. The fourth-order valence-electron chi connectivity index (χ4n) is 1.86. The van der Waals surface area contributed by atoms with Crippen molar-refractivity contribution in [2.45, 2.75) is 32.2 Å². The monoisotopic (exact) mass is 235 g/mol. The Morgan fingerprint density at radius 1 is 1.47 bits per heavy atom. The molecule has 0 aromatic heterocycles. The van der Waals surface area contributed by atoms with Crippen LogP contribution >= 0.6 is 0 Å². The topological polar surface area (TPSA) is 55.4 Å². The minimum atomic E-state index is -2.80. The van der Waals surface area contributed by atoms with Crippen LogP contribution in [0.4, 0.5) is 0 Å². The maximum absolute atomic E-state index is 11.3. The van der Waals surface area contributed by atoms with Crippen molar-refractivity contribution in [3.63, 3.8) is 0 Å². The predicted molar refractivity (Wildman–Crippen MR) is 60.8 cm³/mol. The minimum Gasteiger partial charge on any atom is -0.382 e. The third kappa shape index (κ3) is 4.49. The van der Waals surface area contributed by atoms with Gasteiger partial charge in [-0.1, -0.05) is 0 Å². The smallest absolute Gasteiger partial charge is 0.152 e. The molecule has 0 saturated carbocycles. The molecule has 0 aromatic rings. The summed E-state index contributed by atoms with van der Waals surface area (Å²) in [5.74, 6) is 0.594. The number of sulfone groups is 1. The number of nitrogens with one attached hydrogen (secondary N) is 1. The fraction of sp³-hybridized carbons (Fsp3) is 1.00. The Morgan fingerprint density at radius 3 is 2.73 bits per heavy atom. The SMILES string of the molecule is CCOCCCNC1(C)CCS(=O)(=O)C1. The fourth-order valence-corrected chi connectivity index (χ4v) is 3.98. The molecule has 1 rings (SSSR count). The lowest BCUT2D eigenvalue weighted by molar-refractivity contribution is 0.143. The predicted octanol–water partition coefficient (Wildman–Crippen LogP) is 0.580. The van der Waals surface area contributed by atoms with E-state index in [4.69, 9.17) is 4.74 Å². The number of ether oxygens (including phenoxy) is 1. The van der Waals surface area contributed by atoms with Gasteiger partial charge in [0.15, 0.2) is 9.84 Å². The first-order chi connectivity index (χ1) is 6.97. The van der Waals surface area contributed by atoms with Crippen LogP contribution in [0.15, 0.2) is 0 Å². The molecule has 1 N–H and O–H groups in total. The van der Waals surface area contributed by atoms with Crippen molar-refractivity contribution in [3.8, 4) is 0 Å². The van der Waals surface area contributed by atoms with Crippen LogP contribution in [0.25, 0.3) is 0 Å². The molecule has 4 nitrogen and oxygen atoms in total. The Hall–Kier alpha value is -0.130. The average Bonchev–Trinajstić information content (AvgIpc) is 2.41. The third-order valence-electron chi connectivity index (χ3n) is 2.72. The Bertz CT molecular complexity index is 289.